The van der Waals surface area contributed by atoms with Gasteiger partial charge in [0.1, 0.15) is 0 Å². The maximum Gasteiger partial charge on any atom is 0.307 e. The third-order valence-electron chi connectivity index (χ3n) is 4.92. The molecule has 150 valence electrons. The van der Waals surface area contributed by atoms with E-state index >= 15 is 0 Å². The van der Waals surface area contributed by atoms with Crippen LogP contribution in [0.15, 0.2) is 12.1 Å². The number of carbonyl (C=O) groups excluding carboxylic acids is 1. The van der Waals surface area contributed by atoms with Crippen LogP contribution < -0.4 is 14.8 Å². The van der Waals surface area contributed by atoms with Crippen LogP contribution in [0.1, 0.15) is 51.0 Å². The summed E-state index contributed by atoms with van der Waals surface area (Å²) in [5, 5.41) is 12.6. The van der Waals surface area contributed by atoms with Gasteiger partial charge < -0.3 is 19.9 Å². The number of carbonyl (C=O) groups is 2. The molecule has 0 radical (unpaired) electrons. The summed E-state index contributed by atoms with van der Waals surface area (Å²) in [5.41, 5.74) is 0.774. The SMILES string of the molecule is CCCCOc1c(Cl)cc(CNC(=O)C2CCCCC2C(=O)O)cc1OC. The molecule has 1 aliphatic rings. The fourth-order valence-electron chi connectivity index (χ4n) is 3.39. The molecular weight excluding hydrogens is 370 g/mol. The summed E-state index contributed by atoms with van der Waals surface area (Å²) < 4.78 is 11.1. The molecule has 6 nitrogen and oxygen atoms in total. The van der Waals surface area contributed by atoms with E-state index in [4.69, 9.17) is 21.1 Å². The van der Waals surface area contributed by atoms with E-state index in [1.54, 1.807) is 19.2 Å². The Labute approximate surface area is 165 Å². The number of methoxy groups -OCH3 is 1. The normalized spacial score (nSPS) is 19.4. The fourth-order valence-corrected chi connectivity index (χ4v) is 3.68. The third-order valence-corrected chi connectivity index (χ3v) is 5.20. The number of hydrogen-bond donors (Lipinski definition) is 2. The molecule has 1 aliphatic carbocycles. The molecule has 0 aromatic heterocycles. The zero-order valence-electron chi connectivity index (χ0n) is 15.9. The highest BCUT2D eigenvalue weighted by atomic mass is 35.5. The maximum absolute atomic E-state index is 12.5. The van der Waals surface area contributed by atoms with E-state index in [0.29, 0.717) is 36.0 Å². The van der Waals surface area contributed by atoms with Crippen LogP contribution in [0.4, 0.5) is 0 Å². The first-order valence-electron chi connectivity index (χ1n) is 9.47. The first-order chi connectivity index (χ1) is 13.0. The van der Waals surface area contributed by atoms with Crippen molar-refractivity contribution in [2.45, 2.75) is 52.0 Å². The lowest BCUT2D eigenvalue weighted by Gasteiger charge is -2.27. The van der Waals surface area contributed by atoms with Crippen molar-refractivity contribution in [3.05, 3.63) is 22.7 Å². The average molecular weight is 398 g/mol. The van der Waals surface area contributed by atoms with Crippen LogP contribution in [-0.4, -0.2) is 30.7 Å². The minimum Gasteiger partial charge on any atom is -0.493 e. The number of amides is 1. The largest absolute Gasteiger partial charge is 0.493 e. The summed E-state index contributed by atoms with van der Waals surface area (Å²) >= 11 is 6.33. The van der Waals surface area contributed by atoms with Gasteiger partial charge in [-0.15, -0.1) is 0 Å². The van der Waals surface area contributed by atoms with Crippen molar-refractivity contribution < 1.29 is 24.2 Å². The van der Waals surface area contributed by atoms with Gasteiger partial charge in [-0.25, -0.2) is 0 Å². The Kier molecular flexibility index (Phi) is 8.23. The monoisotopic (exact) mass is 397 g/mol. The maximum atomic E-state index is 12.5. The minimum absolute atomic E-state index is 0.222. The summed E-state index contributed by atoms with van der Waals surface area (Å²) in [7, 11) is 1.54. The van der Waals surface area contributed by atoms with Crippen LogP contribution in [-0.2, 0) is 16.1 Å². The number of carboxylic acid groups (broad SMARTS) is 1. The molecule has 2 unspecified atom stereocenters. The van der Waals surface area contributed by atoms with Crippen molar-refractivity contribution >= 4 is 23.5 Å². The lowest BCUT2D eigenvalue weighted by molar-refractivity contribution is -0.148. The number of halogens is 1. The Morgan fingerprint density at radius 2 is 1.96 bits per heavy atom. The Morgan fingerprint density at radius 3 is 2.59 bits per heavy atom. The number of carboxylic acids is 1. The highest BCUT2D eigenvalue weighted by Gasteiger charge is 2.35. The zero-order chi connectivity index (χ0) is 19.8. The number of benzene rings is 1. The van der Waals surface area contributed by atoms with Gasteiger partial charge in [0.05, 0.1) is 30.6 Å². The number of aliphatic carboxylic acids is 1. The van der Waals surface area contributed by atoms with Gasteiger partial charge in [-0.2, -0.15) is 0 Å². The topological polar surface area (TPSA) is 84.9 Å². The number of rotatable bonds is 9. The van der Waals surface area contributed by atoms with Crippen molar-refractivity contribution in [3.63, 3.8) is 0 Å². The molecule has 2 atom stereocenters. The molecule has 0 heterocycles. The summed E-state index contributed by atoms with van der Waals surface area (Å²) in [5.74, 6) is -1.19. The predicted molar refractivity (Wildman–Crippen MR) is 103 cm³/mol. The van der Waals surface area contributed by atoms with Gasteiger partial charge in [-0.05, 0) is 37.0 Å². The van der Waals surface area contributed by atoms with Gasteiger partial charge >= 0.3 is 5.97 Å². The van der Waals surface area contributed by atoms with E-state index in [-0.39, 0.29) is 12.5 Å². The molecule has 2 N–H and O–H groups in total. The zero-order valence-corrected chi connectivity index (χ0v) is 16.7. The van der Waals surface area contributed by atoms with E-state index in [1.165, 1.54) is 0 Å². The molecule has 27 heavy (non-hydrogen) atoms. The fraction of sp³-hybridized carbons (Fsp3) is 0.600. The molecule has 0 aliphatic heterocycles. The first-order valence-corrected chi connectivity index (χ1v) is 9.85. The lowest BCUT2D eigenvalue weighted by atomic mass is 9.78. The van der Waals surface area contributed by atoms with Crippen LogP contribution >= 0.6 is 11.6 Å². The molecule has 1 saturated carbocycles. The molecule has 1 amide bonds. The van der Waals surface area contributed by atoms with Gasteiger partial charge in [0.15, 0.2) is 11.5 Å². The van der Waals surface area contributed by atoms with Gasteiger partial charge in [0.25, 0.3) is 0 Å². The van der Waals surface area contributed by atoms with Crippen LogP contribution in [0.3, 0.4) is 0 Å². The second-order valence-corrected chi connectivity index (χ2v) is 7.27. The highest BCUT2D eigenvalue weighted by molar-refractivity contribution is 6.32. The molecule has 0 saturated heterocycles. The highest BCUT2D eigenvalue weighted by Crippen LogP contribution is 2.37. The van der Waals surface area contributed by atoms with Gasteiger partial charge in [-0.3, -0.25) is 9.59 Å². The van der Waals surface area contributed by atoms with Crippen LogP contribution in [0.25, 0.3) is 0 Å². The molecule has 1 aromatic rings. The Hall–Kier alpha value is -1.95. The number of ether oxygens (including phenoxy) is 2. The quantitative estimate of drug-likeness (QED) is 0.614. The second-order valence-electron chi connectivity index (χ2n) is 6.86. The van der Waals surface area contributed by atoms with Crippen LogP contribution in [0.5, 0.6) is 11.5 Å². The molecule has 0 bridgehead atoms. The van der Waals surface area contributed by atoms with Crippen molar-refractivity contribution in [1.82, 2.24) is 5.32 Å². The smallest absolute Gasteiger partial charge is 0.307 e. The predicted octanol–water partition coefficient (Wildman–Crippen LogP) is 4.03. The number of unbranched alkanes of at least 4 members (excludes halogenated alkanes) is 1. The molecule has 0 spiro atoms. The van der Waals surface area contributed by atoms with Gasteiger partial charge in [0, 0.05) is 6.54 Å². The van der Waals surface area contributed by atoms with E-state index in [9.17, 15) is 14.7 Å². The Balaban J connectivity index is 2.03. The third kappa shape index (κ3) is 5.76. The molecule has 1 fully saturated rings. The first kappa shape index (κ1) is 21.4. The number of nitrogens with one attached hydrogen (secondary N) is 1. The van der Waals surface area contributed by atoms with E-state index in [2.05, 4.69) is 12.2 Å². The van der Waals surface area contributed by atoms with Gasteiger partial charge in [-0.1, -0.05) is 37.8 Å². The molecule has 7 heteroatoms. The van der Waals surface area contributed by atoms with E-state index in [1.807, 2.05) is 0 Å². The van der Waals surface area contributed by atoms with Crippen molar-refractivity contribution in [3.8, 4) is 11.5 Å². The van der Waals surface area contributed by atoms with E-state index < -0.39 is 17.8 Å². The lowest BCUT2D eigenvalue weighted by Crippen LogP contribution is -2.39. The van der Waals surface area contributed by atoms with Crippen LogP contribution in [0.2, 0.25) is 5.02 Å². The van der Waals surface area contributed by atoms with E-state index in [0.717, 1.165) is 31.2 Å². The van der Waals surface area contributed by atoms with Gasteiger partial charge in [0.2, 0.25) is 5.91 Å². The van der Waals surface area contributed by atoms with Crippen molar-refractivity contribution in [1.29, 1.82) is 0 Å². The van der Waals surface area contributed by atoms with Crippen molar-refractivity contribution in [2.75, 3.05) is 13.7 Å². The Morgan fingerprint density at radius 1 is 1.26 bits per heavy atom. The summed E-state index contributed by atoms with van der Waals surface area (Å²) in [6.07, 6.45) is 4.83. The van der Waals surface area contributed by atoms with Crippen molar-refractivity contribution in [2.24, 2.45) is 11.8 Å². The molecule has 1 aromatic carbocycles. The Bertz CT molecular complexity index is 664. The second kappa shape index (κ2) is 10.4. The molecular formula is C20H28ClNO5. The minimum atomic E-state index is -0.895. The summed E-state index contributed by atoms with van der Waals surface area (Å²) in [6, 6.07) is 3.52. The summed E-state index contributed by atoms with van der Waals surface area (Å²) in [4.78, 5) is 23.9. The summed E-state index contributed by atoms with van der Waals surface area (Å²) in [6.45, 7) is 2.89. The molecule has 2 rings (SSSR count). The standard InChI is InChI=1S/C20H28ClNO5/c1-3-4-9-27-18-16(21)10-13(11-17(18)26-2)12-22-19(23)14-7-5-6-8-15(14)20(24)25/h10-11,14-15H,3-9,12H2,1-2H3,(H,22,23)(H,24,25). The number of hydrogen-bond acceptors (Lipinski definition) is 4. The van der Waals surface area contributed by atoms with Crippen LogP contribution in [0, 0.1) is 11.8 Å². The average Bonchev–Trinajstić information content (AvgIpc) is 2.67.